The van der Waals surface area contributed by atoms with Crippen LogP contribution in [0.25, 0.3) is 0 Å². The first-order chi connectivity index (χ1) is 18.1. The Kier molecular flexibility index (Phi) is 7.60. The molecule has 37 heavy (non-hydrogen) atoms. The fourth-order valence-corrected chi connectivity index (χ4v) is 4.83. The number of hydrogen-bond acceptors (Lipinski definition) is 7. The van der Waals surface area contributed by atoms with Crippen LogP contribution in [0.2, 0.25) is 0 Å². The van der Waals surface area contributed by atoms with Gasteiger partial charge in [-0.05, 0) is 55.0 Å². The van der Waals surface area contributed by atoms with Gasteiger partial charge in [-0.25, -0.2) is 4.39 Å². The van der Waals surface area contributed by atoms with Crippen molar-refractivity contribution < 1.29 is 18.7 Å². The summed E-state index contributed by atoms with van der Waals surface area (Å²) in [7, 11) is 0. The third-order valence-electron chi connectivity index (χ3n) is 6.08. The van der Waals surface area contributed by atoms with Gasteiger partial charge in [-0.3, -0.25) is 4.79 Å². The van der Waals surface area contributed by atoms with Crippen molar-refractivity contribution in [1.82, 2.24) is 14.3 Å². The van der Waals surface area contributed by atoms with Gasteiger partial charge in [0.15, 0.2) is 5.82 Å². The second-order valence-corrected chi connectivity index (χ2v) is 9.30. The lowest BCUT2D eigenvalue weighted by Gasteiger charge is -2.36. The highest BCUT2D eigenvalue weighted by atomic mass is 32.1. The fraction of sp³-hybridized carbons (Fsp3) is 0.250. The molecule has 190 valence electrons. The molecule has 1 saturated heterocycles. The number of aromatic nitrogens is 2. The third kappa shape index (κ3) is 6.06. The summed E-state index contributed by atoms with van der Waals surface area (Å²) in [5.41, 5.74) is 2.54. The summed E-state index contributed by atoms with van der Waals surface area (Å²) in [6, 6.07) is 21.4. The number of nitrogens with zero attached hydrogens (tertiary/aromatic N) is 4. The van der Waals surface area contributed by atoms with Crippen LogP contribution in [0.4, 0.5) is 10.1 Å². The monoisotopic (exact) mass is 518 g/mol. The number of amides is 1. The predicted octanol–water partition coefficient (Wildman–Crippen LogP) is 5.42. The van der Waals surface area contributed by atoms with E-state index < -0.39 is 0 Å². The van der Waals surface area contributed by atoms with Gasteiger partial charge in [0.25, 0.3) is 11.1 Å². The van der Waals surface area contributed by atoms with Crippen molar-refractivity contribution in [1.29, 1.82) is 0 Å². The highest BCUT2D eigenvalue weighted by Gasteiger charge is 2.24. The first-order valence-corrected chi connectivity index (χ1v) is 13.0. The van der Waals surface area contributed by atoms with Crippen LogP contribution in [0.3, 0.4) is 0 Å². The maximum Gasteiger partial charge on any atom is 0.298 e. The van der Waals surface area contributed by atoms with Gasteiger partial charge >= 0.3 is 0 Å². The molecular weight excluding hydrogens is 491 g/mol. The Morgan fingerprint density at radius 1 is 1.00 bits per heavy atom. The number of carbonyl (C=O) groups is 1. The zero-order valence-corrected chi connectivity index (χ0v) is 21.3. The molecule has 0 saturated carbocycles. The van der Waals surface area contributed by atoms with Gasteiger partial charge in [0, 0.05) is 49.7 Å². The first kappa shape index (κ1) is 24.7. The van der Waals surface area contributed by atoms with Crippen LogP contribution in [0, 0.1) is 5.82 Å². The van der Waals surface area contributed by atoms with Crippen molar-refractivity contribution >= 4 is 23.1 Å². The summed E-state index contributed by atoms with van der Waals surface area (Å²) in [5, 5.41) is 0.392. The largest absolute Gasteiger partial charge is 0.492 e. The molecule has 9 heteroatoms. The molecule has 1 amide bonds. The van der Waals surface area contributed by atoms with Crippen LogP contribution in [0.1, 0.15) is 28.7 Å². The molecule has 1 aliphatic heterocycles. The van der Waals surface area contributed by atoms with Crippen molar-refractivity contribution in [2.75, 3.05) is 37.7 Å². The van der Waals surface area contributed by atoms with Gasteiger partial charge in [-0.15, -0.1) is 0 Å². The topological polar surface area (TPSA) is 67.8 Å². The molecule has 0 aliphatic carbocycles. The van der Waals surface area contributed by atoms with E-state index in [9.17, 15) is 9.18 Å². The van der Waals surface area contributed by atoms with Gasteiger partial charge in [-0.1, -0.05) is 30.3 Å². The minimum Gasteiger partial charge on any atom is -0.492 e. The number of benzene rings is 3. The Hall–Kier alpha value is -3.98. The molecular formula is C28H27FN4O3S. The molecule has 3 aromatic carbocycles. The van der Waals surface area contributed by atoms with E-state index in [2.05, 4.69) is 20.3 Å². The van der Waals surface area contributed by atoms with Gasteiger partial charge in [0.1, 0.15) is 17.3 Å². The number of rotatable bonds is 8. The second kappa shape index (κ2) is 11.4. The van der Waals surface area contributed by atoms with Gasteiger partial charge < -0.3 is 19.3 Å². The summed E-state index contributed by atoms with van der Waals surface area (Å²) >= 11 is 1.14. The molecule has 2 heterocycles. The molecule has 7 nitrogen and oxygen atoms in total. The summed E-state index contributed by atoms with van der Waals surface area (Å²) < 4.78 is 29.1. The van der Waals surface area contributed by atoms with Crippen LogP contribution >= 0.6 is 11.5 Å². The van der Waals surface area contributed by atoms with Crippen LogP contribution < -0.4 is 14.4 Å². The van der Waals surface area contributed by atoms with Crippen molar-refractivity contribution in [2.24, 2.45) is 0 Å². The van der Waals surface area contributed by atoms with E-state index in [0.29, 0.717) is 48.4 Å². The maximum atomic E-state index is 13.2. The van der Waals surface area contributed by atoms with Crippen molar-refractivity contribution in [2.45, 2.75) is 13.3 Å². The van der Waals surface area contributed by atoms with E-state index in [1.165, 1.54) is 12.1 Å². The molecule has 0 N–H and O–H groups in total. The SMILES string of the molecule is CCOc1ccccc1N1CCN(C(=O)c2cccc(Oc3nc(Cc4ccc(F)cc4)ns3)c2)CC1. The van der Waals surface area contributed by atoms with Crippen LogP contribution in [0.15, 0.2) is 72.8 Å². The van der Waals surface area contributed by atoms with E-state index >= 15 is 0 Å². The molecule has 1 aromatic heterocycles. The lowest BCUT2D eigenvalue weighted by Crippen LogP contribution is -2.48. The lowest BCUT2D eigenvalue weighted by molar-refractivity contribution is 0.0746. The number of ether oxygens (including phenoxy) is 2. The van der Waals surface area contributed by atoms with Crippen LogP contribution in [-0.2, 0) is 6.42 Å². The molecule has 1 aliphatic rings. The second-order valence-electron chi connectivity index (χ2n) is 8.59. The van der Waals surface area contributed by atoms with Crippen LogP contribution in [-0.4, -0.2) is 53.0 Å². The van der Waals surface area contributed by atoms with Crippen molar-refractivity contribution in [3.63, 3.8) is 0 Å². The Morgan fingerprint density at radius 3 is 2.57 bits per heavy atom. The zero-order chi connectivity index (χ0) is 25.6. The number of carbonyl (C=O) groups excluding carboxylic acids is 1. The Bertz CT molecular complexity index is 1350. The van der Waals surface area contributed by atoms with Gasteiger partial charge in [0.2, 0.25) is 0 Å². The van der Waals surface area contributed by atoms with E-state index in [1.54, 1.807) is 36.4 Å². The number of anilines is 1. The highest BCUT2D eigenvalue weighted by molar-refractivity contribution is 7.07. The first-order valence-electron chi connectivity index (χ1n) is 12.2. The standard InChI is InChI=1S/C28H27FN4O3S/c1-2-35-25-9-4-3-8-24(25)32-14-16-33(17-15-32)27(34)21-6-5-7-23(19-21)36-28-30-26(31-37-28)18-20-10-12-22(29)13-11-20/h3-13,19H,2,14-18H2,1H3. The molecule has 0 radical (unpaired) electrons. The molecule has 5 rings (SSSR count). The van der Waals surface area contributed by atoms with E-state index in [0.717, 1.165) is 41.6 Å². The van der Waals surface area contributed by atoms with E-state index in [1.807, 2.05) is 30.0 Å². The summed E-state index contributed by atoms with van der Waals surface area (Å²) in [6.07, 6.45) is 0.486. The predicted molar refractivity (Wildman–Crippen MR) is 141 cm³/mol. The molecule has 0 bridgehead atoms. The Morgan fingerprint density at radius 2 is 1.78 bits per heavy atom. The maximum absolute atomic E-state index is 13.2. The van der Waals surface area contributed by atoms with Gasteiger partial charge in [0.05, 0.1) is 12.3 Å². The number of piperazine rings is 1. The summed E-state index contributed by atoms with van der Waals surface area (Å²) in [6.45, 7) is 5.28. The molecule has 0 unspecified atom stereocenters. The molecule has 0 atom stereocenters. The number of para-hydroxylation sites is 2. The number of hydrogen-bond donors (Lipinski definition) is 0. The quantitative estimate of drug-likeness (QED) is 0.310. The average molecular weight is 519 g/mol. The highest BCUT2D eigenvalue weighted by Crippen LogP contribution is 2.29. The number of halogens is 1. The average Bonchev–Trinajstić information content (AvgIpc) is 3.37. The lowest BCUT2D eigenvalue weighted by atomic mass is 10.1. The van der Waals surface area contributed by atoms with Gasteiger partial charge in [-0.2, -0.15) is 9.36 Å². The van der Waals surface area contributed by atoms with Crippen LogP contribution in [0.5, 0.6) is 16.7 Å². The fourth-order valence-electron chi connectivity index (χ4n) is 4.26. The van der Waals surface area contributed by atoms with E-state index in [-0.39, 0.29) is 11.7 Å². The zero-order valence-electron chi connectivity index (χ0n) is 20.5. The molecule has 4 aromatic rings. The third-order valence-corrected chi connectivity index (χ3v) is 6.72. The van der Waals surface area contributed by atoms with Crippen molar-refractivity contribution in [3.8, 4) is 16.7 Å². The normalized spacial score (nSPS) is 13.5. The molecule has 1 fully saturated rings. The van der Waals surface area contributed by atoms with Crippen molar-refractivity contribution in [3.05, 3.63) is 95.6 Å². The van der Waals surface area contributed by atoms with E-state index in [4.69, 9.17) is 9.47 Å². The Balaban J connectivity index is 1.19. The minimum atomic E-state index is -0.276. The summed E-state index contributed by atoms with van der Waals surface area (Å²) in [5.74, 6) is 1.69. The Labute approximate surface area is 219 Å². The minimum absolute atomic E-state index is 0.0301. The smallest absolute Gasteiger partial charge is 0.298 e. The summed E-state index contributed by atoms with van der Waals surface area (Å²) in [4.78, 5) is 21.8. The molecule has 0 spiro atoms.